The molecule has 0 radical (unpaired) electrons. The number of carboxylic acids is 2. The lowest BCUT2D eigenvalue weighted by atomic mass is 10.0. The number of nitrogens with zero attached hydrogens (tertiary/aromatic N) is 1. The van der Waals surface area contributed by atoms with Crippen molar-refractivity contribution in [2.75, 3.05) is 6.26 Å². The zero-order valence-corrected chi connectivity index (χ0v) is 30.2. The van der Waals surface area contributed by atoms with Gasteiger partial charge in [0.15, 0.2) is 9.84 Å². The average molecular weight is 754 g/mol. The van der Waals surface area contributed by atoms with E-state index in [9.17, 15) is 47.4 Å². The minimum Gasteiger partial charge on any atom is -0.481 e. The molecule has 16 nitrogen and oxygen atoms in total. The third-order valence-electron chi connectivity index (χ3n) is 7.70. The number of benzene rings is 2. The Kier molecular flexibility index (Phi) is 15.4. The molecule has 4 atom stereocenters. The van der Waals surface area contributed by atoms with Gasteiger partial charge in [0, 0.05) is 35.6 Å². The van der Waals surface area contributed by atoms with E-state index in [2.05, 4.69) is 26.3 Å². The van der Waals surface area contributed by atoms with E-state index in [1.807, 2.05) is 12.1 Å². The van der Waals surface area contributed by atoms with E-state index >= 15 is 0 Å². The maximum absolute atomic E-state index is 13.9. The third-order valence-corrected chi connectivity index (χ3v) is 8.35. The Morgan fingerprint density at radius 1 is 0.792 bits per heavy atom. The van der Waals surface area contributed by atoms with Crippen molar-refractivity contribution < 1.29 is 52.1 Å². The van der Waals surface area contributed by atoms with Gasteiger partial charge in [-0.1, -0.05) is 74.5 Å². The highest BCUT2D eigenvalue weighted by Crippen LogP contribution is 2.14. The van der Waals surface area contributed by atoms with Crippen molar-refractivity contribution >= 4 is 56.5 Å². The van der Waals surface area contributed by atoms with E-state index in [-0.39, 0.29) is 19.4 Å². The van der Waals surface area contributed by atoms with Crippen LogP contribution in [0.4, 0.5) is 4.79 Å². The molecule has 3 rings (SSSR count). The number of hydrogen-bond donors (Lipinski definition) is 6. The van der Waals surface area contributed by atoms with Gasteiger partial charge in [-0.05, 0) is 30.0 Å². The number of fused-ring (bicyclic) bond motifs is 1. The Morgan fingerprint density at radius 2 is 1.45 bits per heavy atom. The van der Waals surface area contributed by atoms with Gasteiger partial charge >= 0.3 is 18.0 Å². The first-order valence-electron chi connectivity index (χ1n) is 16.6. The van der Waals surface area contributed by atoms with E-state index in [4.69, 9.17) is 4.74 Å². The van der Waals surface area contributed by atoms with Crippen molar-refractivity contribution in [3.63, 3.8) is 0 Å². The fourth-order valence-corrected chi connectivity index (χ4v) is 5.49. The van der Waals surface area contributed by atoms with Crippen LogP contribution in [0.25, 0.3) is 10.9 Å². The third kappa shape index (κ3) is 14.7. The lowest BCUT2D eigenvalue weighted by Gasteiger charge is -2.27. The highest BCUT2D eigenvalue weighted by Gasteiger charge is 2.32. The van der Waals surface area contributed by atoms with Gasteiger partial charge in [0.05, 0.1) is 18.0 Å². The summed E-state index contributed by atoms with van der Waals surface area (Å²) in [6.45, 7) is 3.08. The van der Waals surface area contributed by atoms with Crippen LogP contribution in [-0.4, -0.2) is 89.8 Å². The fraction of sp³-hybridized carbons (Fsp3) is 0.361. The molecule has 4 unspecified atom stereocenters. The van der Waals surface area contributed by atoms with Crippen LogP contribution in [0.1, 0.15) is 44.4 Å². The monoisotopic (exact) mass is 753 g/mol. The predicted octanol–water partition coefficient (Wildman–Crippen LogP) is 2.08. The first-order chi connectivity index (χ1) is 25.0. The number of rotatable bonds is 19. The summed E-state index contributed by atoms with van der Waals surface area (Å²) in [5.41, 5.74) is 1.64. The van der Waals surface area contributed by atoms with Crippen LogP contribution >= 0.6 is 0 Å². The summed E-state index contributed by atoms with van der Waals surface area (Å²) in [4.78, 5) is 81.1. The van der Waals surface area contributed by atoms with Gasteiger partial charge in [0.1, 0.15) is 24.7 Å². The maximum Gasteiger partial charge on any atom is 0.408 e. The lowest BCUT2D eigenvalue weighted by molar-refractivity contribution is -0.138. The Morgan fingerprint density at radius 3 is 2.09 bits per heavy atom. The van der Waals surface area contributed by atoms with Crippen LogP contribution in [0.15, 0.2) is 78.2 Å². The molecule has 0 spiro atoms. The van der Waals surface area contributed by atoms with E-state index in [1.165, 1.54) is 0 Å². The molecule has 0 aliphatic heterocycles. The number of aromatic nitrogens is 1. The normalized spacial score (nSPS) is 13.7. The minimum atomic E-state index is -3.66. The Hall–Kier alpha value is -5.84. The number of carboxylic acid groups (broad SMARTS) is 2. The number of nitrogens with one attached hydrogen (secondary N) is 4. The number of aliphatic carboxylic acids is 2. The number of carbonyl (C=O) groups excluding carboxylic acids is 4. The second-order valence-electron chi connectivity index (χ2n) is 12.6. The first kappa shape index (κ1) is 41.6. The molecule has 0 saturated carbocycles. The summed E-state index contributed by atoms with van der Waals surface area (Å²) in [5.74, 6) is -5.74. The Balaban J connectivity index is 1.88. The summed E-state index contributed by atoms with van der Waals surface area (Å²) >= 11 is 0. The smallest absolute Gasteiger partial charge is 0.408 e. The number of amides is 4. The first-order valence-corrected chi connectivity index (χ1v) is 18.5. The predicted molar refractivity (Wildman–Crippen MR) is 193 cm³/mol. The molecule has 284 valence electrons. The molecule has 53 heavy (non-hydrogen) atoms. The fourth-order valence-electron chi connectivity index (χ4n) is 5.01. The summed E-state index contributed by atoms with van der Waals surface area (Å²) in [7, 11) is -3.66. The van der Waals surface area contributed by atoms with Gasteiger partial charge in [-0.15, -0.1) is 0 Å². The highest BCUT2D eigenvalue weighted by atomic mass is 32.2. The second-order valence-corrected chi connectivity index (χ2v) is 14.5. The van der Waals surface area contributed by atoms with Gasteiger partial charge in [-0.3, -0.25) is 29.0 Å². The summed E-state index contributed by atoms with van der Waals surface area (Å²) in [6.07, 6.45) is -0.805. The number of carbonyl (C=O) groups is 6. The van der Waals surface area contributed by atoms with Crippen molar-refractivity contribution in [1.29, 1.82) is 0 Å². The number of ether oxygens (including phenoxy) is 1. The van der Waals surface area contributed by atoms with Crippen molar-refractivity contribution in [1.82, 2.24) is 26.3 Å². The number of hydrogen-bond acceptors (Lipinski definition) is 10. The van der Waals surface area contributed by atoms with Gasteiger partial charge in [-0.25, -0.2) is 13.2 Å². The average Bonchev–Trinajstić information content (AvgIpc) is 3.09. The van der Waals surface area contributed by atoms with Crippen LogP contribution in [0.3, 0.4) is 0 Å². The van der Waals surface area contributed by atoms with Crippen LogP contribution in [0, 0.1) is 5.92 Å². The van der Waals surface area contributed by atoms with Crippen LogP contribution < -0.4 is 21.3 Å². The minimum absolute atomic E-state index is 0.130. The van der Waals surface area contributed by atoms with E-state index in [0.717, 1.165) is 23.1 Å². The standard InChI is InChI=1S/C36H43N5O11S/c1-22(2)32(35(48)38-26(20-31(44)45)17-18-53(3,50)51)41-34(47)29(19-25-14-13-24-11-7-8-12-27(24)37-25)39-33(46)28(15-16-30(42)43)40-36(49)52-21-23-9-5-4-6-10-23/h4-14,17-18,22,26,28-29,32H,15-16,19-21H2,1-3H3,(H,38,48)(H,39,46)(H,40,49)(H,41,47)(H,42,43)(H,44,45). The molecular formula is C36H43N5O11S. The van der Waals surface area contributed by atoms with Gasteiger partial charge < -0.3 is 36.2 Å². The molecule has 4 amide bonds. The van der Waals surface area contributed by atoms with Crippen LogP contribution in [0.2, 0.25) is 0 Å². The maximum atomic E-state index is 13.9. The molecule has 1 heterocycles. The Bertz CT molecular complexity index is 1920. The number of para-hydroxylation sites is 1. The van der Waals surface area contributed by atoms with E-state index < -0.39 is 88.5 Å². The van der Waals surface area contributed by atoms with Gasteiger partial charge in [0.25, 0.3) is 0 Å². The van der Waals surface area contributed by atoms with Crippen molar-refractivity contribution in [2.45, 2.75) is 70.3 Å². The topological polar surface area (TPSA) is 247 Å². The number of pyridine rings is 1. The molecule has 0 bridgehead atoms. The molecule has 2 aromatic carbocycles. The lowest BCUT2D eigenvalue weighted by Crippen LogP contribution is -2.59. The largest absolute Gasteiger partial charge is 0.481 e. The Labute approximate surface area is 306 Å². The van der Waals surface area contributed by atoms with Gasteiger partial charge in [-0.2, -0.15) is 0 Å². The van der Waals surface area contributed by atoms with Crippen molar-refractivity contribution in [3.05, 3.63) is 89.5 Å². The van der Waals surface area contributed by atoms with Crippen LogP contribution in [0.5, 0.6) is 0 Å². The van der Waals surface area contributed by atoms with E-state index in [0.29, 0.717) is 16.8 Å². The van der Waals surface area contributed by atoms with Crippen LogP contribution in [-0.2, 0) is 51.6 Å². The molecule has 17 heteroatoms. The highest BCUT2D eigenvalue weighted by molar-refractivity contribution is 7.93. The summed E-state index contributed by atoms with van der Waals surface area (Å²) < 4.78 is 28.5. The molecule has 0 saturated heterocycles. The molecule has 3 aromatic rings. The zero-order chi connectivity index (χ0) is 39.1. The summed E-state index contributed by atoms with van der Waals surface area (Å²) in [6, 6.07) is 13.9. The zero-order valence-electron chi connectivity index (χ0n) is 29.4. The molecular weight excluding hydrogens is 710 g/mol. The molecule has 0 aliphatic rings. The molecule has 6 N–H and O–H groups in total. The second kappa shape index (κ2) is 19.7. The van der Waals surface area contributed by atoms with E-state index in [1.54, 1.807) is 68.4 Å². The SMILES string of the molecule is CC(C)C(NC(=O)C(Cc1ccc2ccccc2n1)NC(=O)C(CCC(=O)O)NC(=O)OCc1ccccc1)C(=O)NC(C=CS(C)(=O)=O)CC(=O)O. The molecule has 0 fully saturated rings. The molecule has 0 aliphatic carbocycles. The molecule has 1 aromatic heterocycles. The van der Waals surface area contributed by atoms with Crippen molar-refractivity contribution in [3.8, 4) is 0 Å². The number of sulfone groups is 1. The quantitative estimate of drug-likeness (QED) is 0.103. The number of alkyl carbamates (subject to hydrolysis) is 1. The van der Waals surface area contributed by atoms with Gasteiger partial charge in [0.2, 0.25) is 17.7 Å². The van der Waals surface area contributed by atoms with Crippen molar-refractivity contribution in [2.24, 2.45) is 5.92 Å². The summed E-state index contributed by atoms with van der Waals surface area (Å²) in [5, 5.41) is 30.2.